The first kappa shape index (κ1) is 21.8. The van der Waals surface area contributed by atoms with Crippen molar-refractivity contribution < 1.29 is 18.3 Å². The van der Waals surface area contributed by atoms with Crippen LogP contribution in [0, 0.1) is 5.41 Å². The van der Waals surface area contributed by atoms with Crippen molar-refractivity contribution in [2.45, 2.75) is 30.2 Å². The van der Waals surface area contributed by atoms with Gasteiger partial charge in [0.1, 0.15) is 11.9 Å². The number of benzene rings is 1. The van der Waals surface area contributed by atoms with Crippen molar-refractivity contribution in [1.82, 2.24) is 9.71 Å². The maximum atomic E-state index is 12.7. The van der Waals surface area contributed by atoms with Gasteiger partial charge in [-0.05, 0) is 31.5 Å². The van der Waals surface area contributed by atoms with Gasteiger partial charge >= 0.3 is 5.97 Å². The number of carboxylic acid groups (broad SMARTS) is 1. The van der Waals surface area contributed by atoms with E-state index in [1.807, 2.05) is 0 Å². The molecule has 0 aliphatic heterocycles. The number of nitrogens with zero attached hydrogens (tertiary/aromatic N) is 1. The van der Waals surface area contributed by atoms with E-state index in [1.54, 1.807) is 0 Å². The summed E-state index contributed by atoms with van der Waals surface area (Å²) < 4.78 is 27.6. The maximum Gasteiger partial charge on any atom is 0.321 e. The zero-order valence-electron chi connectivity index (χ0n) is 14.8. The first-order valence-corrected chi connectivity index (χ1v) is 10.2. The number of hydrogen-bond acceptors (Lipinski definition) is 6. The fourth-order valence-electron chi connectivity index (χ4n) is 2.56. The molecule has 0 radical (unpaired) electrons. The molecule has 152 valence electrons. The molecule has 0 spiro atoms. The lowest BCUT2D eigenvalue weighted by Crippen LogP contribution is -2.40. The maximum absolute atomic E-state index is 12.7. The predicted octanol–water partition coefficient (Wildman–Crippen LogP) is 1.05. The molecule has 1 aromatic heterocycles. The molecule has 10 nitrogen and oxygen atoms in total. The van der Waals surface area contributed by atoms with E-state index in [0.717, 1.165) is 0 Å². The molecule has 2 aromatic rings. The smallest absolute Gasteiger partial charge is 0.321 e. The van der Waals surface area contributed by atoms with Crippen LogP contribution in [-0.4, -0.2) is 43.0 Å². The van der Waals surface area contributed by atoms with E-state index in [1.165, 1.54) is 24.4 Å². The summed E-state index contributed by atoms with van der Waals surface area (Å²) in [6, 6.07) is 2.80. The highest BCUT2D eigenvalue weighted by Gasteiger charge is 2.25. The van der Waals surface area contributed by atoms with Gasteiger partial charge in [-0.3, -0.25) is 10.2 Å². The van der Waals surface area contributed by atoms with Crippen LogP contribution in [0.3, 0.4) is 0 Å². The topological polar surface area (TPSA) is 184 Å². The SMILES string of the molecule is N=C(N)Nc1ncc(Cl)c2ccc(S(=O)(=O)N[C@@H](CCCCN)C(=O)O)cc12. The van der Waals surface area contributed by atoms with E-state index in [0.29, 0.717) is 30.2 Å². The highest BCUT2D eigenvalue weighted by molar-refractivity contribution is 7.89. The Kier molecular flexibility index (Phi) is 7.13. The zero-order chi connectivity index (χ0) is 20.9. The van der Waals surface area contributed by atoms with Crippen LogP contribution >= 0.6 is 11.6 Å². The van der Waals surface area contributed by atoms with Gasteiger partial charge in [0.15, 0.2) is 5.96 Å². The molecule has 0 amide bonds. The van der Waals surface area contributed by atoms with Crippen molar-refractivity contribution in [1.29, 1.82) is 5.41 Å². The van der Waals surface area contributed by atoms with E-state index in [4.69, 9.17) is 28.5 Å². The number of anilines is 1. The third-order valence-electron chi connectivity index (χ3n) is 3.92. The molecular formula is C16H21ClN6O4S. The van der Waals surface area contributed by atoms with Gasteiger partial charge in [-0.25, -0.2) is 13.4 Å². The van der Waals surface area contributed by atoms with Crippen LogP contribution in [-0.2, 0) is 14.8 Å². The van der Waals surface area contributed by atoms with Crippen molar-refractivity contribution in [2.24, 2.45) is 11.5 Å². The summed E-state index contributed by atoms with van der Waals surface area (Å²) in [6.45, 7) is 0.392. The van der Waals surface area contributed by atoms with Crippen LogP contribution in [0.25, 0.3) is 10.8 Å². The quantitative estimate of drug-likeness (QED) is 0.194. The Morgan fingerprint density at radius 1 is 1.32 bits per heavy atom. The number of unbranched alkanes of at least 4 members (excludes halogenated alkanes) is 1. The number of fused-ring (bicyclic) bond motifs is 1. The summed E-state index contributed by atoms with van der Waals surface area (Å²) in [5, 5.41) is 20.3. The number of sulfonamides is 1. The van der Waals surface area contributed by atoms with E-state index >= 15 is 0 Å². The minimum atomic E-state index is -4.14. The van der Waals surface area contributed by atoms with E-state index < -0.39 is 22.0 Å². The Morgan fingerprint density at radius 3 is 2.64 bits per heavy atom. The second-order valence-corrected chi connectivity index (χ2v) is 8.12. The molecule has 28 heavy (non-hydrogen) atoms. The first-order valence-electron chi connectivity index (χ1n) is 8.30. The van der Waals surface area contributed by atoms with Gasteiger partial charge in [0.2, 0.25) is 10.0 Å². The van der Waals surface area contributed by atoms with Crippen LogP contribution in [0.2, 0.25) is 5.02 Å². The molecule has 1 heterocycles. The van der Waals surface area contributed by atoms with Gasteiger partial charge in [-0.15, -0.1) is 0 Å². The van der Waals surface area contributed by atoms with Crippen molar-refractivity contribution >= 4 is 50.1 Å². The lowest BCUT2D eigenvalue weighted by atomic mass is 10.1. The normalized spacial score (nSPS) is 12.6. The van der Waals surface area contributed by atoms with Crippen LogP contribution < -0.4 is 21.5 Å². The second-order valence-electron chi connectivity index (χ2n) is 6.00. The monoisotopic (exact) mass is 428 g/mol. The number of hydrogen-bond donors (Lipinski definition) is 6. The van der Waals surface area contributed by atoms with Crippen LogP contribution in [0.15, 0.2) is 29.3 Å². The van der Waals surface area contributed by atoms with Crippen LogP contribution in [0.4, 0.5) is 5.82 Å². The predicted molar refractivity (Wildman–Crippen MR) is 107 cm³/mol. The lowest BCUT2D eigenvalue weighted by Gasteiger charge is -2.15. The number of carboxylic acids is 1. The zero-order valence-corrected chi connectivity index (χ0v) is 16.3. The fourth-order valence-corrected chi connectivity index (χ4v) is 4.03. The summed E-state index contributed by atoms with van der Waals surface area (Å²) in [6.07, 6.45) is 2.52. The molecule has 0 unspecified atom stereocenters. The van der Waals surface area contributed by atoms with Crippen molar-refractivity contribution in [3.63, 3.8) is 0 Å². The Bertz CT molecular complexity index is 998. The molecule has 8 N–H and O–H groups in total. The summed E-state index contributed by atoms with van der Waals surface area (Å²) >= 11 is 6.10. The number of nitrogens with one attached hydrogen (secondary N) is 3. The molecule has 0 aliphatic carbocycles. The summed E-state index contributed by atoms with van der Waals surface area (Å²) in [5.41, 5.74) is 10.7. The third-order valence-corrected chi connectivity index (χ3v) is 5.69. The number of guanidine groups is 1. The first-order chi connectivity index (χ1) is 13.2. The van der Waals surface area contributed by atoms with Gasteiger partial charge in [-0.2, -0.15) is 4.72 Å². The number of halogens is 1. The molecule has 0 fully saturated rings. The Labute approximate surface area is 166 Å². The summed E-state index contributed by atoms with van der Waals surface area (Å²) in [7, 11) is -4.14. The molecule has 2 rings (SSSR count). The fraction of sp³-hybridized carbons (Fsp3) is 0.312. The van der Waals surface area contributed by atoms with Crippen LogP contribution in [0.1, 0.15) is 19.3 Å². The van der Waals surface area contributed by atoms with Gasteiger partial charge < -0.3 is 21.9 Å². The minimum Gasteiger partial charge on any atom is -0.480 e. The molecule has 0 bridgehead atoms. The largest absolute Gasteiger partial charge is 0.480 e. The van der Waals surface area contributed by atoms with Gasteiger partial charge in [0.05, 0.1) is 9.92 Å². The van der Waals surface area contributed by atoms with Gasteiger partial charge in [0.25, 0.3) is 0 Å². The Morgan fingerprint density at radius 2 is 2.04 bits per heavy atom. The summed E-state index contributed by atoms with van der Waals surface area (Å²) in [4.78, 5) is 15.3. The molecule has 12 heteroatoms. The molecule has 0 saturated heterocycles. The highest BCUT2D eigenvalue weighted by Crippen LogP contribution is 2.30. The number of aromatic nitrogens is 1. The van der Waals surface area contributed by atoms with E-state index in [9.17, 15) is 18.3 Å². The molecular weight excluding hydrogens is 408 g/mol. The van der Waals surface area contributed by atoms with Gasteiger partial charge in [0, 0.05) is 17.0 Å². The van der Waals surface area contributed by atoms with E-state index in [2.05, 4.69) is 15.0 Å². The van der Waals surface area contributed by atoms with Crippen molar-refractivity contribution in [3.05, 3.63) is 29.4 Å². The number of carbonyl (C=O) groups is 1. The Hall–Kier alpha value is -2.47. The minimum absolute atomic E-state index is 0.115. The van der Waals surface area contributed by atoms with E-state index in [-0.39, 0.29) is 28.1 Å². The van der Waals surface area contributed by atoms with Crippen LogP contribution in [0.5, 0.6) is 0 Å². The number of aliphatic carboxylic acids is 1. The average Bonchev–Trinajstić information content (AvgIpc) is 2.62. The number of nitrogens with two attached hydrogens (primary N) is 2. The lowest BCUT2D eigenvalue weighted by molar-refractivity contribution is -0.139. The highest BCUT2D eigenvalue weighted by atomic mass is 35.5. The third kappa shape index (κ3) is 5.29. The summed E-state index contributed by atoms with van der Waals surface area (Å²) in [5.74, 6) is -1.50. The molecule has 0 aliphatic rings. The number of rotatable bonds is 9. The Balaban J connectivity index is 2.41. The standard InChI is InChI=1S/C16H21ClN6O4S/c17-12-8-21-14(22-16(19)20)11-7-9(4-5-10(11)12)28(26,27)23-13(15(24)25)3-1-2-6-18/h4-5,7-8,13,23H,1-3,6,18H2,(H,24,25)(H4,19,20,21,22)/t13-/m0/s1. The molecule has 1 aromatic carbocycles. The molecule has 0 saturated carbocycles. The second kappa shape index (κ2) is 9.15. The van der Waals surface area contributed by atoms with Crippen molar-refractivity contribution in [2.75, 3.05) is 11.9 Å². The van der Waals surface area contributed by atoms with Gasteiger partial charge in [-0.1, -0.05) is 24.1 Å². The molecule has 1 atom stereocenters. The average molecular weight is 429 g/mol. The number of pyridine rings is 1. The van der Waals surface area contributed by atoms with Crippen molar-refractivity contribution in [3.8, 4) is 0 Å².